The molecule has 2 fully saturated rings. The van der Waals surface area contributed by atoms with Gasteiger partial charge in [0.05, 0.1) is 12.5 Å². The average molecular weight is 276 g/mol. The summed E-state index contributed by atoms with van der Waals surface area (Å²) in [6.45, 7) is 0.605. The van der Waals surface area contributed by atoms with Gasteiger partial charge < -0.3 is 5.32 Å². The largest absolute Gasteiger partial charge is 0.305 e. The number of hydrogen-bond donors (Lipinski definition) is 1. The van der Waals surface area contributed by atoms with Crippen molar-refractivity contribution in [1.82, 2.24) is 10.2 Å². The number of hydrogen-bond acceptors (Lipinski definition) is 3. The predicted octanol–water partition coefficient (Wildman–Crippen LogP) is 1.25. The molecule has 4 nitrogen and oxygen atoms in total. The van der Waals surface area contributed by atoms with E-state index in [1.165, 1.54) is 17.0 Å². The van der Waals surface area contributed by atoms with E-state index < -0.39 is 0 Å². The molecule has 2 amide bonds. The third-order valence-corrected chi connectivity index (χ3v) is 3.81. The minimum atomic E-state index is -0.386. The molecule has 1 N–H and O–H groups in total. The molecule has 1 saturated carbocycles. The zero-order valence-electron chi connectivity index (χ0n) is 11.1. The highest BCUT2D eigenvalue weighted by Crippen LogP contribution is 2.31. The first-order valence-corrected chi connectivity index (χ1v) is 6.99. The topological polar surface area (TPSA) is 49.4 Å². The second kappa shape index (κ2) is 5.32. The van der Waals surface area contributed by atoms with Gasteiger partial charge in [-0.15, -0.1) is 0 Å². The molecule has 1 aromatic rings. The van der Waals surface area contributed by atoms with Gasteiger partial charge in [0, 0.05) is 6.04 Å². The number of halogens is 1. The molecule has 1 saturated heterocycles. The fourth-order valence-corrected chi connectivity index (χ4v) is 2.57. The lowest BCUT2D eigenvalue weighted by Crippen LogP contribution is -2.40. The Labute approximate surface area is 117 Å². The van der Waals surface area contributed by atoms with E-state index in [0.717, 1.165) is 18.4 Å². The quantitative estimate of drug-likeness (QED) is 0.823. The summed E-state index contributed by atoms with van der Waals surface area (Å²) in [5.41, 5.74) is 1.01. The molecule has 1 aromatic carbocycles. The molecule has 20 heavy (non-hydrogen) atoms. The van der Waals surface area contributed by atoms with Crippen LogP contribution in [0, 0.1) is 5.82 Å². The number of benzene rings is 1. The third kappa shape index (κ3) is 2.72. The maximum absolute atomic E-state index is 12.8. The Morgan fingerprint density at radius 2 is 1.90 bits per heavy atom. The van der Waals surface area contributed by atoms with Crippen molar-refractivity contribution in [2.75, 3.05) is 6.54 Å². The molecule has 106 valence electrons. The molecule has 0 aromatic heterocycles. The fraction of sp³-hybridized carbons (Fsp3) is 0.467. The van der Waals surface area contributed by atoms with Crippen LogP contribution in [0.25, 0.3) is 0 Å². The lowest BCUT2D eigenvalue weighted by atomic mass is 10.1. The van der Waals surface area contributed by atoms with Crippen molar-refractivity contribution in [1.29, 1.82) is 0 Å². The van der Waals surface area contributed by atoms with Gasteiger partial charge in [-0.2, -0.15) is 0 Å². The van der Waals surface area contributed by atoms with Gasteiger partial charge in [0.2, 0.25) is 11.8 Å². The van der Waals surface area contributed by atoms with E-state index in [4.69, 9.17) is 0 Å². The molecule has 0 bridgehead atoms. The van der Waals surface area contributed by atoms with Gasteiger partial charge in [-0.05, 0) is 43.5 Å². The van der Waals surface area contributed by atoms with Crippen molar-refractivity contribution in [3.8, 4) is 0 Å². The third-order valence-electron chi connectivity index (χ3n) is 3.81. The van der Waals surface area contributed by atoms with Gasteiger partial charge in [0.1, 0.15) is 5.82 Å². The second-order valence-corrected chi connectivity index (χ2v) is 5.42. The number of likely N-dealkylation sites (tertiary alicyclic amines) is 1. The summed E-state index contributed by atoms with van der Waals surface area (Å²) in [4.78, 5) is 25.3. The molecule has 0 spiro atoms. The van der Waals surface area contributed by atoms with Crippen LogP contribution in [-0.2, 0) is 16.0 Å². The number of rotatable bonds is 5. The van der Waals surface area contributed by atoms with Gasteiger partial charge in [0.15, 0.2) is 0 Å². The first-order chi connectivity index (χ1) is 9.65. The van der Waals surface area contributed by atoms with E-state index in [2.05, 4.69) is 5.32 Å². The molecule has 2 aliphatic rings. The van der Waals surface area contributed by atoms with Crippen LogP contribution >= 0.6 is 0 Å². The van der Waals surface area contributed by atoms with Crippen LogP contribution in [0.4, 0.5) is 4.39 Å². The van der Waals surface area contributed by atoms with Crippen LogP contribution in [0.15, 0.2) is 24.3 Å². The Kier molecular flexibility index (Phi) is 3.53. The normalized spacial score (nSPS) is 22.6. The van der Waals surface area contributed by atoms with E-state index in [1.54, 1.807) is 12.1 Å². The van der Waals surface area contributed by atoms with Gasteiger partial charge in [-0.25, -0.2) is 4.39 Å². The smallest absolute Gasteiger partial charge is 0.247 e. The Morgan fingerprint density at radius 1 is 1.20 bits per heavy atom. The van der Waals surface area contributed by atoms with Crippen LogP contribution in [-0.4, -0.2) is 35.3 Å². The number of amides is 2. The van der Waals surface area contributed by atoms with Crippen molar-refractivity contribution in [3.63, 3.8) is 0 Å². The Bertz CT molecular complexity index is 525. The molecule has 3 rings (SSSR count). The summed E-state index contributed by atoms with van der Waals surface area (Å²) in [6.07, 6.45) is 2.86. The number of carbonyl (C=O) groups excluding carboxylic acids is 2. The van der Waals surface area contributed by atoms with Crippen molar-refractivity contribution < 1.29 is 14.0 Å². The zero-order chi connectivity index (χ0) is 14.1. The molecule has 1 aliphatic carbocycles. The SMILES string of the molecule is O=C1CC(NCCc2ccc(F)cc2)C(=O)N1C1CC1. The van der Waals surface area contributed by atoms with Crippen LogP contribution in [0.2, 0.25) is 0 Å². The Balaban J connectivity index is 1.50. The van der Waals surface area contributed by atoms with Gasteiger partial charge in [-0.1, -0.05) is 12.1 Å². The number of nitrogens with one attached hydrogen (secondary N) is 1. The minimum absolute atomic E-state index is 0.0585. The van der Waals surface area contributed by atoms with E-state index >= 15 is 0 Å². The molecule has 1 atom stereocenters. The lowest BCUT2D eigenvalue weighted by Gasteiger charge is -2.14. The van der Waals surface area contributed by atoms with Gasteiger partial charge in [0.25, 0.3) is 0 Å². The maximum Gasteiger partial charge on any atom is 0.247 e. The van der Waals surface area contributed by atoms with Crippen LogP contribution in [0.5, 0.6) is 0 Å². The Hall–Kier alpha value is -1.75. The summed E-state index contributed by atoms with van der Waals surface area (Å²) in [6, 6.07) is 6.08. The summed E-state index contributed by atoms with van der Waals surface area (Å²) < 4.78 is 12.8. The number of carbonyl (C=O) groups is 2. The number of imide groups is 1. The summed E-state index contributed by atoms with van der Waals surface area (Å²) in [5, 5.41) is 3.13. The predicted molar refractivity (Wildman–Crippen MR) is 71.4 cm³/mol. The lowest BCUT2D eigenvalue weighted by molar-refractivity contribution is -0.139. The fourth-order valence-electron chi connectivity index (χ4n) is 2.57. The van der Waals surface area contributed by atoms with E-state index in [-0.39, 0.29) is 36.1 Å². The van der Waals surface area contributed by atoms with Crippen LogP contribution in [0.1, 0.15) is 24.8 Å². The first kappa shape index (κ1) is 13.2. The highest BCUT2D eigenvalue weighted by Gasteiger charge is 2.45. The van der Waals surface area contributed by atoms with Gasteiger partial charge in [-0.3, -0.25) is 14.5 Å². The maximum atomic E-state index is 12.8. The standard InChI is InChI=1S/C15H17FN2O2/c16-11-3-1-10(2-4-11)7-8-17-13-9-14(19)18(15(13)20)12-5-6-12/h1-4,12-13,17H,5-9H2. The van der Waals surface area contributed by atoms with Crippen LogP contribution < -0.4 is 5.32 Å². The van der Waals surface area contributed by atoms with Crippen molar-refractivity contribution >= 4 is 11.8 Å². The first-order valence-electron chi connectivity index (χ1n) is 6.99. The number of nitrogens with zero attached hydrogens (tertiary/aromatic N) is 1. The molecular formula is C15H17FN2O2. The summed E-state index contributed by atoms with van der Waals surface area (Å²) in [7, 11) is 0. The summed E-state index contributed by atoms with van der Waals surface area (Å²) >= 11 is 0. The molecule has 5 heteroatoms. The molecular weight excluding hydrogens is 259 g/mol. The van der Waals surface area contributed by atoms with Crippen molar-refractivity contribution in [2.24, 2.45) is 0 Å². The highest BCUT2D eigenvalue weighted by molar-refractivity contribution is 6.06. The second-order valence-electron chi connectivity index (χ2n) is 5.42. The molecule has 0 radical (unpaired) electrons. The van der Waals surface area contributed by atoms with E-state index in [9.17, 15) is 14.0 Å². The molecule has 1 heterocycles. The van der Waals surface area contributed by atoms with Crippen molar-refractivity contribution in [2.45, 2.75) is 37.8 Å². The monoisotopic (exact) mass is 276 g/mol. The zero-order valence-corrected chi connectivity index (χ0v) is 11.1. The molecule has 1 unspecified atom stereocenters. The van der Waals surface area contributed by atoms with Crippen LogP contribution in [0.3, 0.4) is 0 Å². The summed E-state index contributed by atoms with van der Waals surface area (Å²) in [5.74, 6) is -0.397. The van der Waals surface area contributed by atoms with Crippen molar-refractivity contribution in [3.05, 3.63) is 35.6 Å². The average Bonchev–Trinajstić information content (AvgIpc) is 3.20. The molecule has 1 aliphatic heterocycles. The van der Waals surface area contributed by atoms with E-state index in [0.29, 0.717) is 13.0 Å². The minimum Gasteiger partial charge on any atom is -0.305 e. The van der Waals surface area contributed by atoms with E-state index in [1.807, 2.05) is 0 Å². The van der Waals surface area contributed by atoms with Gasteiger partial charge >= 0.3 is 0 Å². The Morgan fingerprint density at radius 3 is 2.55 bits per heavy atom. The highest BCUT2D eigenvalue weighted by atomic mass is 19.1.